The monoisotopic (exact) mass is 439 g/mol. The molecule has 1 aromatic carbocycles. The molecule has 1 fully saturated rings. The first-order chi connectivity index (χ1) is 13.9. The van der Waals surface area contributed by atoms with E-state index in [1.165, 1.54) is 0 Å². The summed E-state index contributed by atoms with van der Waals surface area (Å²) < 4.78 is 30.1. The Labute approximate surface area is 201 Å². The Hall–Kier alpha value is -1.13. The van der Waals surface area contributed by atoms with E-state index in [2.05, 4.69) is 15.0 Å². The Morgan fingerprint density at radius 3 is 2.83 bits per heavy atom. The van der Waals surface area contributed by atoms with Crippen LogP contribution in [0.2, 0.25) is 0 Å². The van der Waals surface area contributed by atoms with Crippen LogP contribution in [0.3, 0.4) is 0 Å². The molecule has 156 valence electrons. The van der Waals surface area contributed by atoms with Crippen molar-refractivity contribution >= 4 is 51.8 Å². The van der Waals surface area contributed by atoms with Gasteiger partial charge in [-0.05, 0) is 39.0 Å². The number of imidazole rings is 1. The summed E-state index contributed by atoms with van der Waals surface area (Å²) >= 11 is -1.32. The zero-order valence-electron chi connectivity index (χ0n) is 16.8. The number of pyridine rings is 1. The van der Waals surface area contributed by atoms with Gasteiger partial charge in [-0.25, -0.2) is 0 Å². The molecule has 0 bridgehead atoms. The molecule has 0 radical (unpaired) electrons. The van der Waals surface area contributed by atoms with E-state index in [9.17, 15) is 4.55 Å². The fraction of sp³-hybridized carbons (Fsp3) is 0.429. The molecule has 0 spiro atoms. The molecule has 30 heavy (non-hydrogen) atoms. The van der Waals surface area contributed by atoms with Crippen LogP contribution in [0.4, 0.5) is 0 Å². The van der Waals surface area contributed by atoms with E-state index < -0.39 is 17.0 Å². The van der Waals surface area contributed by atoms with Gasteiger partial charge in [-0.2, -0.15) is 4.98 Å². The molecule has 1 saturated heterocycles. The number of nitrogens with one attached hydrogen (secondary N) is 1. The van der Waals surface area contributed by atoms with E-state index in [0.717, 1.165) is 34.5 Å². The molecule has 1 aliphatic heterocycles. The van der Waals surface area contributed by atoms with E-state index in [4.69, 9.17) is 14.2 Å². The quantitative estimate of drug-likeness (QED) is 0.450. The zero-order chi connectivity index (χ0) is 20.4. The van der Waals surface area contributed by atoms with Crippen LogP contribution >= 0.6 is 0 Å². The molecule has 2 atom stereocenters. The molecule has 1 N–H and O–H groups in total. The maximum atomic E-state index is 12.8. The maximum absolute atomic E-state index is 12.8. The van der Waals surface area contributed by atoms with Crippen molar-refractivity contribution in [1.82, 2.24) is 15.0 Å². The predicted octanol–water partition coefficient (Wildman–Crippen LogP) is 2.85. The Kier molecular flexibility index (Phi) is 7.84. The number of aromatic nitrogens is 3. The molecule has 9 heteroatoms. The van der Waals surface area contributed by atoms with Crippen molar-refractivity contribution in [2.24, 2.45) is 0 Å². The van der Waals surface area contributed by atoms with E-state index in [-0.39, 0.29) is 41.4 Å². The molecule has 0 amide bonds. The van der Waals surface area contributed by atoms with Crippen LogP contribution in [0, 0.1) is 6.92 Å². The molecular formula is C21H26N3NaO4S. The summed E-state index contributed by atoms with van der Waals surface area (Å²) in [7, 11) is 0. The molecule has 0 saturated carbocycles. The Balaban J connectivity index is 0.00000256. The number of rotatable bonds is 7. The summed E-state index contributed by atoms with van der Waals surface area (Å²) in [6, 6.07) is 9.47. The fourth-order valence-electron chi connectivity index (χ4n) is 3.30. The van der Waals surface area contributed by atoms with Gasteiger partial charge in [0, 0.05) is 29.4 Å². The van der Waals surface area contributed by atoms with Gasteiger partial charge in [-0.1, -0.05) is 12.1 Å². The topological polar surface area (TPSA) is 92.3 Å². The first kappa shape index (κ1) is 23.5. The van der Waals surface area contributed by atoms with Gasteiger partial charge in [0.1, 0.15) is 5.75 Å². The summed E-state index contributed by atoms with van der Waals surface area (Å²) in [5, 5.41) is 0.458. The Morgan fingerprint density at radius 1 is 1.30 bits per heavy atom. The molecule has 0 aliphatic carbocycles. The number of H-pyrrole nitrogens is 1. The van der Waals surface area contributed by atoms with Crippen LogP contribution in [-0.4, -0.2) is 74.2 Å². The predicted molar refractivity (Wildman–Crippen MR) is 117 cm³/mol. The number of hydrogen-bond acceptors (Lipinski definition) is 6. The molecule has 3 aromatic rings. The summed E-state index contributed by atoms with van der Waals surface area (Å²) in [6.45, 7) is 6.85. The van der Waals surface area contributed by atoms with Crippen molar-refractivity contribution in [1.29, 1.82) is 0 Å². The zero-order valence-corrected chi connectivity index (χ0v) is 17.6. The standard InChI is InChI=1S/C21H25N3O4S.Na.H/c1-14-18(13-29(25)20-23-16-6-4-5-7-17(16)24-20)22-10-8-19(14)26-11-9-15-12-27-21(2,3)28-15;;/h4-8,10,15H,9,11-13H2,1-3H3,(H,23,24);;/t15-,29?;;/m0../s1. The van der Waals surface area contributed by atoms with Crippen LogP contribution in [0.1, 0.15) is 31.5 Å². The van der Waals surface area contributed by atoms with Crippen LogP contribution < -0.4 is 4.74 Å². The van der Waals surface area contributed by atoms with E-state index in [0.29, 0.717) is 18.4 Å². The van der Waals surface area contributed by atoms with Crippen LogP contribution in [0.15, 0.2) is 41.7 Å². The van der Waals surface area contributed by atoms with Gasteiger partial charge in [-0.3, -0.25) is 9.97 Å². The normalized spacial score (nSPS) is 18.9. The minimum absolute atomic E-state index is 0. The van der Waals surface area contributed by atoms with Crippen molar-refractivity contribution < 1.29 is 18.8 Å². The van der Waals surface area contributed by atoms with Gasteiger partial charge < -0.3 is 18.8 Å². The van der Waals surface area contributed by atoms with Crippen LogP contribution in [0.5, 0.6) is 5.75 Å². The Bertz CT molecular complexity index is 964. The molecule has 7 nitrogen and oxygen atoms in total. The molecule has 2 aromatic heterocycles. The average Bonchev–Trinajstić information content (AvgIpc) is 3.27. The third-order valence-electron chi connectivity index (χ3n) is 4.87. The number of hydrogen-bond donors (Lipinski definition) is 1. The second-order valence-electron chi connectivity index (χ2n) is 7.52. The average molecular weight is 440 g/mol. The summed E-state index contributed by atoms with van der Waals surface area (Å²) in [4.78, 5) is 12.0. The van der Waals surface area contributed by atoms with Gasteiger partial charge in [-0.15, -0.1) is 0 Å². The van der Waals surface area contributed by atoms with Gasteiger partial charge in [0.15, 0.2) is 11.5 Å². The minimum atomic E-state index is -1.32. The third-order valence-corrected chi connectivity index (χ3v) is 6.03. The summed E-state index contributed by atoms with van der Waals surface area (Å²) in [6.07, 6.45) is 2.46. The number of nitrogens with zero attached hydrogens (tertiary/aromatic N) is 2. The van der Waals surface area contributed by atoms with Gasteiger partial charge in [0.25, 0.3) is 0 Å². The van der Waals surface area contributed by atoms with Crippen molar-refractivity contribution in [3.63, 3.8) is 0 Å². The van der Waals surface area contributed by atoms with Crippen molar-refractivity contribution in [3.05, 3.63) is 47.8 Å². The SMILES string of the molecule is Cc1c(OCC[C@H]2COC(C)(C)O2)ccnc1C[S+]([O-])c1nc2ccccc2[nH]1.[NaH]. The van der Waals surface area contributed by atoms with Crippen LogP contribution in [-0.2, 0) is 26.4 Å². The van der Waals surface area contributed by atoms with Crippen LogP contribution in [0.25, 0.3) is 11.0 Å². The molecule has 1 aliphatic rings. The first-order valence-electron chi connectivity index (χ1n) is 9.63. The number of fused-ring (bicyclic) bond motifs is 1. The molecule has 4 rings (SSSR count). The third kappa shape index (κ3) is 5.56. The molecule has 3 heterocycles. The Morgan fingerprint density at radius 2 is 2.10 bits per heavy atom. The van der Waals surface area contributed by atoms with E-state index in [1.807, 2.05) is 51.1 Å². The van der Waals surface area contributed by atoms with Gasteiger partial charge in [0.05, 0.1) is 36.0 Å². The number of ether oxygens (including phenoxy) is 3. The number of para-hydroxylation sites is 2. The van der Waals surface area contributed by atoms with E-state index >= 15 is 0 Å². The van der Waals surface area contributed by atoms with Crippen molar-refractivity contribution in [2.75, 3.05) is 13.2 Å². The van der Waals surface area contributed by atoms with E-state index in [1.54, 1.807) is 6.20 Å². The molecule has 1 unspecified atom stereocenters. The van der Waals surface area contributed by atoms with Crippen molar-refractivity contribution in [3.8, 4) is 5.75 Å². The fourth-order valence-corrected chi connectivity index (χ4v) is 4.40. The van der Waals surface area contributed by atoms with Crippen molar-refractivity contribution in [2.45, 2.75) is 50.0 Å². The summed E-state index contributed by atoms with van der Waals surface area (Å²) in [5.41, 5.74) is 3.31. The second kappa shape index (κ2) is 9.99. The summed E-state index contributed by atoms with van der Waals surface area (Å²) in [5.74, 6) is 0.497. The number of aromatic amines is 1. The second-order valence-corrected chi connectivity index (χ2v) is 8.88. The number of benzene rings is 1. The van der Waals surface area contributed by atoms with Gasteiger partial charge in [0.2, 0.25) is 0 Å². The van der Waals surface area contributed by atoms with Gasteiger partial charge >= 0.3 is 34.7 Å². The molecular weight excluding hydrogens is 413 g/mol. The first-order valence-corrected chi connectivity index (χ1v) is 11.0.